The number of aromatic amines is 1. The third-order valence-corrected chi connectivity index (χ3v) is 2.63. The molecule has 0 atom stereocenters. The highest BCUT2D eigenvalue weighted by molar-refractivity contribution is 5.93. The summed E-state index contributed by atoms with van der Waals surface area (Å²) in [5.74, 6) is -0.110. The molecular formula is C12H21N5O2. The van der Waals surface area contributed by atoms with Gasteiger partial charge in [-0.3, -0.25) is 14.7 Å². The van der Waals surface area contributed by atoms with E-state index in [9.17, 15) is 9.59 Å². The number of H-pyrrole nitrogens is 1. The summed E-state index contributed by atoms with van der Waals surface area (Å²) in [7, 11) is 0. The van der Waals surface area contributed by atoms with Crippen LogP contribution in [0.2, 0.25) is 0 Å². The van der Waals surface area contributed by atoms with Gasteiger partial charge in [-0.2, -0.15) is 0 Å². The number of nitrogens with zero attached hydrogens (tertiary/aromatic N) is 3. The first-order valence-corrected chi connectivity index (χ1v) is 6.57. The molecule has 0 aromatic carbocycles. The van der Waals surface area contributed by atoms with Gasteiger partial charge < -0.3 is 10.6 Å². The van der Waals surface area contributed by atoms with Crippen LogP contribution in [0.1, 0.15) is 49.6 Å². The fourth-order valence-corrected chi connectivity index (χ4v) is 1.67. The number of aromatic nitrogens is 3. The second-order valence-corrected chi connectivity index (χ2v) is 4.40. The number of primary amides is 1. The Morgan fingerprint density at radius 3 is 2.63 bits per heavy atom. The molecule has 106 valence electrons. The van der Waals surface area contributed by atoms with E-state index in [1.54, 1.807) is 0 Å². The van der Waals surface area contributed by atoms with Crippen LogP contribution >= 0.6 is 0 Å². The van der Waals surface area contributed by atoms with Crippen molar-refractivity contribution in [1.82, 2.24) is 20.1 Å². The maximum absolute atomic E-state index is 12.2. The van der Waals surface area contributed by atoms with Crippen molar-refractivity contribution in [1.29, 1.82) is 0 Å². The van der Waals surface area contributed by atoms with E-state index in [0.717, 1.165) is 25.7 Å². The number of nitrogens with one attached hydrogen (secondary N) is 1. The SMILES string of the molecule is CCCCN(CC(N)=O)C(=O)c1n[nH]c(CCC)n1. The first-order valence-electron chi connectivity index (χ1n) is 6.57. The molecule has 0 saturated carbocycles. The van der Waals surface area contributed by atoms with Crippen molar-refractivity contribution in [3.05, 3.63) is 11.6 Å². The first-order chi connectivity index (χ1) is 9.08. The average Bonchev–Trinajstić information content (AvgIpc) is 2.82. The van der Waals surface area contributed by atoms with Crippen LogP contribution in [0.4, 0.5) is 0 Å². The number of nitrogens with two attached hydrogens (primary N) is 1. The minimum atomic E-state index is -0.534. The lowest BCUT2D eigenvalue weighted by Gasteiger charge is -2.18. The number of aryl methyl sites for hydroxylation is 1. The van der Waals surface area contributed by atoms with Crippen LogP contribution in [0, 0.1) is 0 Å². The largest absolute Gasteiger partial charge is 0.368 e. The Morgan fingerprint density at radius 1 is 1.32 bits per heavy atom. The Balaban J connectivity index is 2.75. The van der Waals surface area contributed by atoms with E-state index in [0.29, 0.717) is 12.4 Å². The smallest absolute Gasteiger partial charge is 0.293 e. The molecule has 19 heavy (non-hydrogen) atoms. The van der Waals surface area contributed by atoms with E-state index in [1.165, 1.54) is 4.90 Å². The molecule has 0 saturated heterocycles. The molecule has 2 amide bonds. The predicted molar refractivity (Wildman–Crippen MR) is 70.4 cm³/mol. The second kappa shape index (κ2) is 7.50. The third kappa shape index (κ3) is 4.69. The Kier molecular flexibility index (Phi) is 5.98. The van der Waals surface area contributed by atoms with Crippen molar-refractivity contribution in [2.75, 3.05) is 13.1 Å². The highest BCUT2D eigenvalue weighted by Crippen LogP contribution is 2.03. The molecule has 1 rings (SSSR count). The van der Waals surface area contributed by atoms with Gasteiger partial charge in [0.1, 0.15) is 5.82 Å². The minimum absolute atomic E-state index is 0.0980. The maximum Gasteiger partial charge on any atom is 0.293 e. The van der Waals surface area contributed by atoms with Crippen LogP contribution in [-0.4, -0.2) is 45.0 Å². The van der Waals surface area contributed by atoms with Crippen molar-refractivity contribution >= 4 is 11.8 Å². The zero-order valence-electron chi connectivity index (χ0n) is 11.5. The standard InChI is InChI=1S/C12H21N5O2/c1-3-5-7-17(8-9(13)18)12(19)11-14-10(6-4-2)15-16-11/h3-8H2,1-2H3,(H2,13,18)(H,14,15,16). The highest BCUT2D eigenvalue weighted by Gasteiger charge is 2.21. The summed E-state index contributed by atoms with van der Waals surface area (Å²) in [4.78, 5) is 28.7. The van der Waals surface area contributed by atoms with Gasteiger partial charge in [0, 0.05) is 13.0 Å². The second-order valence-electron chi connectivity index (χ2n) is 4.40. The zero-order valence-corrected chi connectivity index (χ0v) is 11.5. The Hall–Kier alpha value is -1.92. The molecule has 0 spiro atoms. The molecule has 3 N–H and O–H groups in total. The van der Waals surface area contributed by atoms with Crippen LogP contribution in [0.15, 0.2) is 0 Å². The number of unbranched alkanes of at least 4 members (excludes halogenated alkanes) is 1. The van der Waals surface area contributed by atoms with Crippen molar-refractivity contribution in [3.63, 3.8) is 0 Å². The topological polar surface area (TPSA) is 105 Å². The van der Waals surface area contributed by atoms with Crippen molar-refractivity contribution in [2.45, 2.75) is 39.5 Å². The van der Waals surface area contributed by atoms with Gasteiger partial charge in [0.05, 0.1) is 6.54 Å². The molecular weight excluding hydrogens is 246 g/mol. The summed E-state index contributed by atoms with van der Waals surface area (Å²) in [5.41, 5.74) is 5.15. The Labute approximate surface area is 112 Å². The molecule has 0 bridgehead atoms. The van der Waals surface area contributed by atoms with Crippen molar-refractivity contribution in [3.8, 4) is 0 Å². The number of hydrogen-bond acceptors (Lipinski definition) is 4. The zero-order chi connectivity index (χ0) is 14.3. The number of carbonyl (C=O) groups excluding carboxylic acids is 2. The Morgan fingerprint density at radius 2 is 2.05 bits per heavy atom. The van der Waals surface area contributed by atoms with Gasteiger partial charge in [-0.15, -0.1) is 5.10 Å². The summed E-state index contributed by atoms with van der Waals surface area (Å²) in [6.07, 6.45) is 3.40. The van der Waals surface area contributed by atoms with Gasteiger partial charge in [0.25, 0.3) is 5.91 Å². The number of carbonyl (C=O) groups is 2. The van der Waals surface area contributed by atoms with Gasteiger partial charge in [-0.25, -0.2) is 4.98 Å². The number of rotatable bonds is 8. The molecule has 1 heterocycles. The van der Waals surface area contributed by atoms with E-state index in [1.807, 2.05) is 13.8 Å². The van der Waals surface area contributed by atoms with E-state index in [4.69, 9.17) is 5.73 Å². The average molecular weight is 267 g/mol. The molecule has 0 aliphatic carbocycles. The fraction of sp³-hybridized carbons (Fsp3) is 0.667. The van der Waals surface area contributed by atoms with Gasteiger partial charge in [0.15, 0.2) is 0 Å². The normalized spacial score (nSPS) is 10.4. The van der Waals surface area contributed by atoms with E-state index in [-0.39, 0.29) is 18.3 Å². The molecule has 1 aromatic rings. The van der Waals surface area contributed by atoms with Gasteiger partial charge in [-0.05, 0) is 12.8 Å². The lowest BCUT2D eigenvalue weighted by molar-refractivity contribution is -0.118. The molecule has 0 aliphatic heterocycles. The molecule has 0 unspecified atom stereocenters. The summed E-state index contributed by atoms with van der Waals surface area (Å²) in [6, 6.07) is 0. The van der Waals surface area contributed by atoms with Crippen molar-refractivity contribution in [2.24, 2.45) is 5.73 Å². The quantitative estimate of drug-likeness (QED) is 0.714. The molecule has 1 aromatic heterocycles. The molecule has 0 radical (unpaired) electrons. The van der Waals surface area contributed by atoms with E-state index in [2.05, 4.69) is 15.2 Å². The minimum Gasteiger partial charge on any atom is -0.368 e. The van der Waals surface area contributed by atoms with E-state index >= 15 is 0 Å². The molecule has 0 fully saturated rings. The van der Waals surface area contributed by atoms with Crippen LogP contribution in [0.25, 0.3) is 0 Å². The van der Waals surface area contributed by atoms with Crippen LogP contribution in [0.5, 0.6) is 0 Å². The van der Waals surface area contributed by atoms with Gasteiger partial charge >= 0.3 is 0 Å². The fourth-order valence-electron chi connectivity index (χ4n) is 1.67. The summed E-state index contributed by atoms with van der Waals surface area (Å²) >= 11 is 0. The summed E-state index contributed by atoms with van der Waals surface area (Å²) in [5, 5.41) is 6.62. The highest BCUT2D eigenvalue weighted by atomic mass is 16.2. The Bertz CT molecular complexity index is 430. The first kappa shape index (κ1) is 15.1. The third-order valence-electron chi connectivity index (χ3n) is 2.63. The molecule has 0 aliphatic rings. The van der Waals surface area contributed by atoms with Crippen LogP contribution < -0.4 is 5.73 Å². The summed E-state index contributed by atoms with van der Waals surface area (Å²) < 4.78 is 0. The molecule has 7 heteroatoms. The van der Waals surface area contributed by atoms with Gasteiger partial charge in [0.2, 0.25) is 11.7 Å². The summed E-state index contributed by atoms with van der Waals surface area (Å²) in [6.45, 7) is 4.41. The van der Waals surface area contributed by atoms with Crippen LogP contribution in [0.3, 0.4) is 0 Å². The van der Waals surface area contributed by atoms with Crippen molar-refractivity contribution < 1.29 is 9.59 Å². The maximum atomic E-state index is 12.2. The monoisotopic (exact) mass is 267 g/mol. The molecule has 7 nitrogen and oxygen atoms in total. The lowest BCUT2D eigenvalue weighted by Crippen LogP contribution is -2.39. The number of hydrogen-bond donors (Lipinski definition) is 2. The van der Waals surface area contributed by atoms with Gasteiger partial charge in [-0.1, -0.05) is 20.3 Å². The van der Waals surface area contributed by atoms with Crippen LogP contribution in [-0.2, 0) is 11.2 Å². The lowest BCUT2D eigenvalue weighted by atomic mass is 10.3. The predicted octanol–water partition coefficient (Wildman–Crippen LogP) is 0.485. The van der Waals surface area contributed by atoms with E-state index < -0.39 is 5.91 Å². The number of amides is 2.